The molecule has 1 aromatic carbocycles. The summed E-state index contributed by atoms with van der Waals surface area (Å²) in [4.78, 5) is 27.4. The van der Waals surface area contributed by atoms with Gasteiger partial charge in [-0.25, -0.2) is 9.59 Å². The van der Waals surface area contributed by atoms with E-state index in [0.717, 1.165) is 0 Å². The van der Waals surface area contributed by atoms with Crippen LogP contribution in [0.15, 0.2) is 23.0 Å². The predicted octanol–water partition coefficient (Wildman–Crippen LogP) is 1.01. The fourth-order valence-corrected chi connectivity index (χ4v) is 1.81. The maximum Gasteiger partial charge on any atom is 0.335 e. The number of carboxylic acid groups (broad SMARTS) is 1. The molecular formula is C12H16ClN3O3. The van der Waals surface area contributed by atoms with Crippen molar-refractivity contribution in [3.63, 3.8) is 0 Å². The fraction of sp³-hybridized carbons (Fsp3) is 0.333. The van der Waals surface area contributed by atoms with E-state index < -0.39 is 5.97 Å². The summed E-state index contributed by atoms with van der Waals surface area (Å²) >= 11 is 0. The second-order valence-electron chi connectivity index (χ2n) is 4.42. The zero-order valence-corrected chi connectivity index (χ0v) is 11.5. The zero-order valence-electron chi connectivity index (χ0n) is 10.7. The average Bonchev–Trinajstić information content (AvgIpc) is 2.60. The van der Waals surface area contributed by atoms with Gasteiger partial charge in [-0.05, 0) is 32.3 Å². The van der Waals surface area contributed by atoms with E-state index in [0.29, 0.717) is 24.1 Å². The summed E-state index contributed by atoms with van der Waals surface area (Å²) < 4.78 is 1.56. The van der Waals surface area contributed by atoms with E-state index in [-0.39, 0.29) is 23.7 Å². The lowest BCUT2D eigenvalue weighted by Crippen LogP contribution is -2.24. The van der Waals surface area contributed by atoms with Gasteiger partial charge in [0, 0.05) is 13.1 Å². The van der Waals surface area contributed by atoms with E-state index in [4.69, 9.17) is 5.11 Å². The number of aromatic nitrogens is 2. The van der Waals surface area contributed by atoms with Crippen molar-refractivity contribution >= 4 is 29.4 Å². The third-order valence-electron chi connectivity index (χ3n) is 2.79. The number of hydrogen-bond donors (Lipinski definition) is 2. The highest BCUT2D eigenvalue weighted by atomic mass is 35.5. The third-order valence-corrected chi connectivity index (χ3v) is 2.79. The van der Waals surface area contributed by atoms with Gasteiger partial charge in [-0.2, -0.15) is 0 Å². The second kappa shape index (κ2) is 5.90. The van der Waals surface area contributed by atoms with Crippen molar-refractivity contribution in [1.29, 1.82) is 0 Å². The van der Waals surface area contributed by atoms with E-state index in [2.05, 4.69) is 4.98 Å². The minimum atomic E-state index is -0.996. The maximum absolute atomic E-state index is 11.8. The molecule has 0 bridgehead atoms. The van der Waals surface area contributed by atoms with Gasteiger partial charge in [0.25, 0.3) is 0 Å². The number of aromatic carboxylic acids is 1. The summed E-state index contributed by atoms with van der Waals surface area (Å²) in [7, 11) is 3.84. The van der Waals surface area contributed by atoms with Crippen LogP contribution in [0.2, 0.25) is 0 Å². The highest BCUT2D eigenvalue weighted by Gasteiger charge is 2.10. The topological polar surface area (TPSA) is 78.3 Å². The van der Waals surface area contributed by atoms with Gasteiger partial charge in [-0.1, -0.05) is 0 Å². The Bertz CT molecular complexity index is 645. The number of nitrogens with zero attached hydrogens (tertiary/aromatic N) is 2. The van der Waals surface area contributed by atoms with E-state index in [1.54, 1.807) is 10.6 Å². The summed E-state index contributed by atoms with van der Waals surface area (Å²) in [6.45, 7) is 1.24. The van der Waals surface area contributed by atoms with Crippen molar-refractivity contribution < 1.29 is 9.90 Å². The van der Waals surface area contributed by atoms with Gasteiger partial charge < -0.3 is 15.0 Å². The number of aromatic amines is 1. The number of carboxylic acids is 1. The number of likely N-dealkylation sites (N-methyl/N-ethyl adjacent to an activating group) is 1. The quantitative estimate of drug-likeness (QED) is 0.879. The first kappa shape index (κ1) is 15.3. The standard InChI is InChI=1S/C12H15N3O3.ClH/c1-14(2)5-6-15-10-7-8(11(16)17)3-4-9(10)13-12(15)18;/h3-4,7H,5-6H2,1-2H3,(H,13,18)(H,16,17);1H. The Kier molecular flexibility index (Phi) is 4.74. The van der Waals surface area contributed by atoms with Crippen LogP contribution in [-0.4, -0.2) is 46.2 Å². The number of H-pyrrole nitrogens is 1. The number of benzene rings is 1. The highest BCUT2D eigenvalue weighted by Crippen LogP contribution is 2.13. The molecular weight excluding hydrogens is 270 g/mol. The molecule has 19 heavy (non-hydrogen) atoms. The molecule has 2 rings (SSSR count). The fourth-order valence-electron chi connectivity index (χ4n) is 1.81. The molecule has 0 saturated carbocycles. The lowest BCUT2D eigenvalue weighted by Gasteiger charge is -2.09. The van der Waals surface area contributed by atoms with E-state index in [1.165, 1.54) is 12.1 Å². The normalized spacial score (nSPS) is 10.7. The van der Waals surface area contributed by atoms with Crippen LogP contribution in [0.25, 0.3) is 11.0 Å². The van der Waals surface area contributed by atoms with Crippen LogP contribution in [-0.2, 0) is 6.54 Å². The maximum atomic E-state index is 11.8. The van der Waals surface area contributed by atoms with Crippen molar-refractivity contribution in [2.75, 3.05) is 20.6 Å². The molecule has 0 aliphatic rings. The Hall–Kier alpha value is -1.79. The smallest absolute Gasteiger partial charge is 0.335 e. The Morgan fingerprint density at radius 2 is 2.11 bits per heavy atom. The van der Waals surface area contributed by atoms with Gasteiger partial charge in [0.05, 0.1) is 16.6 Å². The first-order valence-electron chi connectivity index (χ1n) is 5.59. The van der Waals surface area contributed by atoms with E-state index in [1.807, 2.05) is 19.0 Å². The van der Waals surface area contributed by atoms with Crippen LogP contribution in [0.5, 0.6) is 0 Å². The van der Waals surface area contributed by atoms with Crippen LogP contribution in [0, 0.1) is 0 Å². The molecule has 0 atom stereocenters. The molecule has 7 heteroatoms. The first-order valence-corrected chi connectivity index (χ1v) is 5.59. The zero-order chi connectivity index (χ0) is 13.3. The number of nitrogens with one attached hydrogen (secondary N) is 1. The van der Waals surface area contributed by atoms with Gasteiger partial charge in [0.15, 0.2) is 0 Å². The molecule has 2 aromatic rings. The van der Waals surface area contributed by atoms with Crippen molar-refractivity contribution in [2.45, 2.75) is 6.54 Å². The molecule has 0 fully saturated rings. The number of rotatable bonds is 4. The molecule has 0 aliphatic heterocycles. The molecule has 0 aliphatic carbocycles. The minimum Gasteiger partial charge on any atom is -0.478 e. The molecule has 2 N–H and O–H groups in total. The van der Waals surface area contributed by atoms with Crippen LogP contribution >= 0.6 is 12.4 Å². The Balaban J connectivity index is 0.00000180. The van der Waals surface area contributed by atoms with E-state index >= 15 is 0 Å². The molecule has 1 heterocycles. The Morgan fingerprint density at radius 1 is 1.42 bits per heavy atom. The molecule has 104 valence electrons. The summed E-state index contributed by atoms with van der Waals surface area (Å²) in [5, 5.41) is 8.95. The average molecular weight is 286 g/mol. The third kappa shape index (κ3) is 3.15. The molecule has 0 radical (unpaired) electrons. The minimum absolute atomic E-state index is 0. The summed E-state index contributed by atoms with van der Waals surface area (Å²) in [6.07, 6.45) is 0. The van der Waals surface area contributed by atoms with Gasteiger partial charge in [-0.15, -0.1) is 12.4 Å². The number of carbonyl (C=O) groups is 1. The van der Waals surface area contributed by atoms with Gasteiger partial charge in [0.1, 0.15) is 0 Å². The number of fused-ring (bicyclic) bond motifs is 1. The first-order chi connectivity index (χ1) is 8.49. The lowest BCUT2D eigenvalue weighted by molar-refractivity contribution is 0.0697. The Morgan fingerprint density at radius 3 is 2.68 bits per heavy atom. The van der Waals surface area contributed by atoms with Crippen molar-refractivity contribution in [3.8, 4) is 0 Å². The van der Waals surface area contributed by atoms with E-state index in [9.17, 15) is 9.59 Å². The largest absolute Gasteiger partial charge is 0.478 e. The lowest BCUT2D eigenvalue weighted by atomic mass is 10.2. The summed E-state index contributed by atoms with van der Waals surface area (Å²) in [6, 6.07) is 4.62. The molecule has 0 unspecified atom stereocenters. The molecule has 6 nitrogen and oxygen atoms in total. The SMILES string of the molecule is CN(C)CCn1c(=O)[nH]c2ccc(C(=O)O)cc21.Cl. The number of imidazole rings is 1. The van der Waals surface area contributed by atoms with Crippen molar-refractivity contribution in [2.24, 2.45) is 0 Å². The summed E-state index contributed by atoms with van der Waals surface area (Å²) in [5.41, 5.74) is 1.25. The predicted molar refractivity (Wildman–Crippen MR) is 75.3 cm³/mol. The van der Waals surface area contributed by atoms with Crippen LogP contribution in [0.1, 0.15) is 10.4 Å². The molecule has 0 spiro atoms. The highest BCUT2D eigenvalue weighted by molar-refractivity contribution is 5.92. The molecule has 0 saturated heterocycles. The van der Waals surface area contributed by atoms with Crippen LogP contribution in [0.4, 0.5) is 0 Å². The monoisotopic (exact) mass is 285 g/mol. The van der Waals surface area contributed by atoms with Gasteiger partial charge in [0.2, 0.25) is 0 Å². The number of halogens is 1. The van der Waals surface area contributed by atoms with Crippen LogP contribution in [0.3, 0.4) is 0 Å². The second-order valence-corrected chi connectivity index (χ2v) is 4.42. The molecule has 0 amide bonds. The van der Waals surface area contributed by atoms with Gasteiger partial charge >= 0.3 is 11.7 Å². The van der Waals surface area contributed by atoms with Crippen LogP contribution < -0.4 is 5.69 Å². The summed E-state index contributed by atoms with van der Waals surface area (Å²) in [5.74, 6) is -0.996. The van der Waals surface area contributed by atoms with Gasteiger partial charge in [-0.3, -0.25) is 4.57 Å². The number of hydrogen-bond acceptors (Lipinski definition) is 3. The van der Waals surface area contributed by atoms with Crippen molar-refractivity contribution in [3.05, 3.63) is 34.2 Å². The molecule has 1 aromatic heterocycles. The Labute approximate surface area is 116 Å². The van der Waals surface area contributed by atoms with Crippen molar-refractivity contribution in [1.82, 2.24) is 14.5 Å².